The summed E-state index contributed by atoms with van der Waals surface area (Å²) < 4.78 is 18.0. The molecule has 0 bridgehead atoms. The van der Waals surface area contributed by atoms with Gasteiger partial charge in [0.2, 0.25) is 0 Å². The van der Waals surface area contributed by atoms with Crippen LogP contribution in [0.25, 0.3) is 0 Å². The zero-order valence-corrected chi connectivity index (χ0v) is 20.4. The summed E-state index contributed by atoms with van der Waals surface area (Å²) in [5.41, 5.74) is 3.48. The topological polar surface area (TPSA) is 80.3 Å². The molecule has 2 aliphatic heterocycles. The number of hydrogen-bond acceptors (Lipinski definition) is 6. The standard InChI is InChI=1S/C28H36N2O5/c1-3-17-33-28(32)29-24-13-11-23(12-14-24)27-34-25(18-30-15-5-4-6-16-30)20(2)26(35-27)22-9-7-21(19-31)8-10-22/h3,7-14,20,25-27,31H,1,4-6,15-19H2,2H3,(H,29,32)/t20-,25+,26+,27+/m0/s1. The van der Waals surface area contributed by atoms with Crippen molar-refractivity contribution in [1.82, 2.24) is 4.90 Å². The normalized spacial score (nSPS) is 25.1. The number of ether oxygens (including phenoxy) is 3. The van der Waals surface area contributed by atoms with Crippen LogP contribution in [-0.2, 0) is 20.8 Å². The molecule has 2 aromatic carbocycles. The lowest BCUT2D eigenvalue weighted by atomic mass is 9.89. The maximum atomic E-state index is 11.8. The Labute approximate surface area is 207 Å². The number of nitrogens with zero attached hydrogens (tertiary/aromatic N) is 1. The van der Waals surface area contributed by atoms with Crippen molar-refractivity contribution in [3.05, 3.63) is 77.9 Å². The molecule has 0 aromatic heterocycles. The molecule has 4 rings (SSSR count). The lowest BCUT2D eigenvalue weighted by molar-refractivity contribution is -0.276. The molecule has 2 fully saturated rings. The minimum Gasteiger partial charge on any atom is -0.445 e. The molecule has 0 saturated carbocycles. The van der Waals surface area contributed by atoms with Crippen LogP contribution in [0, 0.1) is 5.92 Å². The Morgan fingerprint density at radius 1 is 1.09 bits per heavy atom. The number of carbonyl (C=O) groups is 1. The first-order valence-corrected chi connectivity index (χ1v) is 12.4. The zero-order valence-electron chi connectivity index (χ0n) is 20.4. The SMILES string of the molecule is C=CCOC(=O)Nc1ccc([C@@H]2O[C@H](CN3CCCCC3)[C@H](C)[C@H](c3ccc(CO)cc3)O2)cc1. The predicted octanol–water partition coefficient (Wildman–Crippen LogP) is 5.19. The summed E-state index contributed by atoms with van der Waals surface area (Å²) in [7, 11) is 0. The van der Waals surface area contributed by atoms with E-state index in [9.17, 15) is 9.90 Å². The largest absolute Gasteiger partial charge is 0.445 e. The van der Waals surface area contributed by atoms with E-state index in [2.05, 4.69) is 23.7 Å². The number of amides is 1. The van der Waals surface area contributed by atoms with Crippen LogP contribution in [0.3, 0.4) is 0 Å². The van der Waals surface area contributed by atoms with E-state index in [0.717, 1.165) is 36.3 Å². The molecule has 0 aliphatic carbocycles. The number of nitrogens with one attached hydrogen (secondary N) is 1. The number of piperidine rings is 1. The Hall–Kier alpha value is -2.71. The van der Waals surface area contributed by atoms with Crippen molar-refractivity contribution in [3.63, 3.8) is 0 Å². The molecule has 2 aliphatic rings. The van der Waals surface area contributed by atoms with E-state index in [0.29, 0.717) is 5.69 Å². The molecule has 0 radical (unpaired) electrons. The minimum absolute atomic E-state index is 0.0149. The maximum Gasteiger partial charge on any atom is 0.411 e. The molecule has 4 atom stereocenters. The fourth-order valence-electron chi connectivity index (χ4n) is 4.74. The summed E-state index contributed by atoms with van der Waals surface area (Å²) >= 11 is 0. The smallest absolute Gasteiger partial charge is 0.411 e. The second-order valence-corrected chi connectivity index (χ2v) is 9.32. The van der Waals surface area contributed by atoms with Gasteiger partial charge in [-0.1, -0.05) is 62.4 Å². The van der Waals surface area contributed by atoms with Gasteiger partial charge >= 0.3 is 6.09 Å². The molecule has 2 heterocycles. The first kappa shape index (κ1) is 25.4. The number of carbonyl (C=O) groups excluding carboxylic acids is 1. The molecule has 0 spiro atoms. The summed E-state index contributed by atoms with van der Waals surface area (Å²) in [6, 6.07) is 15.4. The first-order chi connectivity index (χ1) is 17.1. The van der Waals surface area contributed by atoms with Gasteiger partial charge < -0.3 is 24.2 Å². The van der Waals surface area contributed by atoms with Crippen LogP contribution in [0.5, 0.6) is 0 Å². The number of aliphatic hydroxyl groups excluding tert-OH is 1. The molecule has 7 heteroatoms. The highest BCUT2D eigenvalue weighted by atomic mass is 16.7. The quantitative estimate of drug-likeness (QED) is 0.506. The van der Waals surface area contributed by atoms with Gasteiger partial charge in [-0.2, -0.15) is 0 Å². The van der Waals surface area contributed by atoms with E-state index < -0.39 is 12.4 Å². The fraction of sp³-hybridized carbons (Fsp3) is 0.464. The monoisotopic (exact) mass is 480 g/mol. The van der Waals surface area contributed by atoms with E-state index in [1.165, 1.54) is 25.3 Å². The second-order valence-electron chi connectivity index (χ2n) is 9.32. The number of aliphatic hydroxyl groups is 1. The number of anilines is 1. The lowest BCUT2D eigenvalue weighted by Crippen LogP contribution is -2.45. The summed E-state index contributed by atoms with van der Waals surface area (Å²) in [4.78, 5) is 14.3. The van der Waals surface area contributed by atoms with Crippen molar-refractivity contribution < 1.29 is 24.1 Å². The van der Waals surface area contributed by atoms with Crippen LogP contribution in [0.2, 0.25) is 0 Å². The van der Waals surface area contributed by atoms with Gasteiger partial charge in [-0.3, -0.25) is 5.32 Å². The maximum absolute atomic E-state index is 11.8. The summed E-state index contributed by atoms with van der Waals surface area (Å²) in [6.45, 7) is 9.00. The van der Waals surface area contributed by atoms with Gasteiger partial charge in [-0.05, 0) is 49.2 Å². The van der Waals surface area contributed by atoms with Crippen molar-refractivity contribution in [1.29, 1.82) is 0 Å². The zero-order chi connectivity index (χ0) is 24.6. The molecule has 0 unspecified atom stereocenters. The average Bonchev–Trinajstić information content (AvgIpc) is 2.90. The van der Waals surface area contributed by atoms with Gasteiger partial charge in [-0.15, -0.1) is 0 Å². The summed E-state index contributed by atoms with van der Waals surface area (Å²) in [6.07, 6.45) is 4.12. The van der Waals surface area contributed by atoms with Crippen molar-refractivity contribution in [3.8, 4) is 0 Å². The molecule has 2 aromatic rings. The van der Waals surface area contributed by atoms with Gasteiger partial charge in [0.05, 0.1) is 18.8 Å². The molecule has 188 valence electrons. The van der Waals surface area contributed by atoms with Crippen LogP contribution in [0.15, 0.2) is 61.2 Å². The van der Waals surface area contributed by atoms with E-state index in [1.807, 2.05) is 48.5 Å². The van der Waals surface area contributed by atoms with Crippen molar-refractivity contribution >= 4 is 11.8 Å². The molecular formula is C28H36N2O5. The molecule has 2 saturated heterocycles. The van der Waals surface area contributed by atoms with Crippen LogP contribution >= 0.6 is 0 Å². The number of benzene rings is 2. The molecule has 35 heavy (non-hydrogen) atoms. The van der Waals surface area contributed by atoms with E-state index in [-0.39, 0.29) is 31.3 Å². The third-order valence-electron chi connectivity index (χ3n) is 6.77. The van der Waals surface area contributed by atoms with Gasteiger partial charge in [0.15, 0.2) is 6.29 Å². The highest BCUT2D eigenvalue weighted by Gasteiger charge is 2.39. The third kappa shape index (κ3) is 6.70. The first-order valence-electron chi connectivity index (χ1n) is 12.4. The Bertz CT molecular complexity index is 956. The van der Waals surface area contributed by atoms with Gasteiger partial charge in [0, 0.05) is 23.7 Å². The van der Waals surface area contributed by atoms with E-state index in [1.54, 1.807) is 0 Å². The molecule has 1 amide bonds. The summed E-state index contributed by atoms with van der Waals surface area (Å²) in [5, 5.41) is 12.1. The molecule has 7 nitrogen and oxygen atoms in total. The van der Waals surface area contributed by atoms with Gasteiger partial charge in [0.25, 0.3) is 0 Å². The average molecular weight is 481 g/mol. The predicted molar refractivity (Wildman–Crippen MR) is 135 cm³/mol. The van der Waals surface area contributed by atoms with E-state index in [4.69, 9.17) is 14.2 Å². The van der Waals surface area contributed by atoms with Crippen LogP contribution in [0.1, 0.15) is 55.3 Å². The second kappa shape index (κ2) is 12.3. The van der Waals surface area contributed by atoms with E-state index >= 15 is 0 Å². The molecule has 2 N–H and O–H groups in total. The third-order valence-corrected chi connectivity index (χ3v) is 6.77. The molecular weight excluding hydrogens is 444 g/mol. The Kier molecular flexibility index (Phi) is 8.93. The van der Waals surface area contributed by atoms with Crippen LogP contribution < -0.4 is 5.32 Å². The Morgan fingerprint density at radius 3 is 2.43 bits per heavy atom. The number of likely N-dealkylation sites (tertiary alicyclic amines) is 1. The number of rotatable bonds is 8. The highest BCUT2D eigenvalue weighted by molar-refractivity contribution is 5.84. The highest BCUT2D eigenvalue weighted by Crippen LogP contribution is 2.42. The minimum atomic E-state index is -0.523. The Balaban J connectivity index is 1.51. The van der Waals surface area contributed by atoms with Gasteiger partial charge in [-0.25, -0.2) is 4.79 Å². The van der Waals surface area contributed by atoms with Gasteiger partial charge in [0.1, 0.15) is 6.61 Å². The van der Waals surface area contributed by atoms with Crippen LogP contribution in [-0.4, -0.2) is 48.4 Å². The van der Waals surface area contributed by atoms with Crippen molar-refractivity contribution in [2.75, 3.05) is 31.6 Å². The lowest BCUT2D eigenvalue weighted by Gasteiger charge is -2.43. The number of hydrogen-bond donors (Lipinski definition) is 2. The van der Waals surface area contributed by atoms with Crippen LogP contribution in [0.4, 0.5) is 10.5 Å². The fourth-order valence-corrected chi connectivity index (χ4v) is 4.74. The van der Waals surface area contributed by atoms with Crippen molar-refractivity contribution in [2.45, 2.75) is 51.3 Å². The van der Waals surface area contributed by atoms with Crippen molar-refractivity contribution in [2.24, 2.45) is 5.92 Å². The summed E-state index contributed by atoms with van der Waals surface area (Å²) in [5.74, 6) is 0.161. The Morgan fingerprint density at radius 2 is 1.77 bits per heavy atom.